The van der Waals surface area contributed by atoms with Gasteiger partial charge in [0.2, 0.25) is 5.88 Å². The zero-order chi connectivity index (χ0) is 22.9. The van der Waals surface area contributed by atoms with E-state index in [9.17, 15) is 9.90 Å². The molecule has 162 valence electrons. The number of aromatic nitrogens is 2. The SMILES string of the molecule is COc1ccc(-c2cc(C(=O)N=Nc3c(O)[nH]c4ccc(Cl)cc34)c3ccccc3n2)cc1. The highest BCUT2D eigenvalue weighted by Gasteiger charge is 2.16. The van der Waals surface area contributed by atoms with Crippen LogP contribution in [0.4, 0.5) is 5.69 Å². The van der Waals surface area contributed by atoms with E-state index in [1.54, 1.807) is 31.4 Å². The van der Waals surface area contributed by atoms with Crippen molar-refractivity contribution in [3.8, 4) is 22.9 Å². The Balaban J connectivity index is 1.58. The molecule has 2 heterocycles. The van der Waals surface area contributed by atoms with Gasteiger partial charge in [0.1, 0.15) is 5.75 Å². The molecular formula is C25H17ClN4O3. The molecule has 0 saturated carbocycles. The van der Waals surface area contributed by atoms with Crippen molar-refractivity contribution < 1.29 is 14.6 Å². The third-order valence-corrected chi connectivity index (χ3v) is 5.52. The number of nitrogens with zero attached hydrogens (tertiary/aromatic N) is 3. The van der Waals surface area contributed by atoms with E-state index in [0.717, 1.165) is 11.3 Å². The third-order valence-electron chi connectivity index (χ3n) is 5.29. The summed E-state index contributed by atoms with van der Waals surface area (Å²) in [6, 6.07) is 21.5. The highest BCUT2D eigenvalue weighted by atomic mass is 35.5. The zero-order valence-corrected chi connectivity index (χ0v) is 18.2. The van der Waals surface area contributed by atoms with E-state index in [4.69, 9.17) is 21.3 Å². The predicted octanol–water partition coefficient (Wildman–Crippen LogP) is 6.67. The van der Waals surface area contributed by atoms with E-state index in [2.05, 4.69) is 15.2 Å². The van der Waals surface area contributed by atoms with Crippen molar-refractivity contribution in [2.75, 3.05) is 7.11 Å². The molecule has 2 N–H and O–H groups in total. The molecule has 0 aliphatic heterocycles. The molecule has 0 radical (unpaired) electrons. The number of fused-ring (bicyclic) bond motifs is 2. The number of hydrogen-bond donors (Lipinski definition) is 2. The molecule has 0 aliphatic rings. The van der Waals surface area contributed by atoms with Crippen molar-refractivity contribution in [1.82, 2.24) is 9.97 Å². The number of H-pyrrole nitrogens is 1. The average Bonchev–Trinajstić information content (AvgIpc) is 3.15. The number of methoxy groups -OCH3 is 1. The standard InChI is InChI=1S/C25H17ClN4O3/c1-33-16-9-6-14(7-10-16)22-13-18(17-4-2-3-5-20(17)27-22)24(31)30-29-23-19-12-15(26)8-11-21(19)28-25(23)32/h2-13,28,32H,1H3. The molecule has 0 saturated heterocycles. The lowest BCUT2D eigenvalue weighted by molar-refractivity contribution is 0.0996. The molecule has 0 fully saturated rings. The Bertz CT molecular complexity index is 1540. The lowest BCUT2D eigenvalue weighted by atomic mass is 10.0. The summed E-state index contributed by atoms with van der Waals surface area (Å²) in [6.45, 7) is 0. The number of aromatic hydroxyl groups is 1. The van der Waals surface area contributed by atoms with Crippen LogP contribution in [-0.2, 0) is 0 Å². The van der Waals surface area contributed by atoms with Crippen LogP contribution in [0.25, 0.3) is 33.1 Å². The number of rotatable bonds is 4. The maximum atomic E-state index is 13.1. The van der Waals surface area contributed by atoms with Gasteiger partial charge in [0.15, 0.2) is 5.69 Å². The minimum absolute atomic E-state index is 0.148. The van der Waals surface area contributed by atoms with Crippen molar-refractivity contribution in [3.05, 3.63) is 83.4 Å². The van der Waals surface area contributed by atoms with Gasteiger partial charge in [-0.25, -0.2) is 4.98 Å². The molecule has 5 rings (SSSR count). The van der Waals surface area contributed by atoms with Crippen molar-refractivity contribution in [2.24, 2.45) is 10.2 Å². The minimum atomic E-state index is -0.556. The number of carbonyl (C=O) groups is 1. The second kappa shape index (κ2) is 8.37. The first-order valence-corrected chi connectivity index (χ1v) is 10.4. The maximum Gasteiger partial charge on any atom is 0.296 e. The molecule has 7 nitrogen and oxygen atoms in total. The maximum absolute atomic E-state index is 13.1. The summed E-state index contributed by atoms with van der Waals surface area (Å²) >= 11 is 6.07. The van der Waals surface area contributed by atoms with Crippen molar-refractivity contribution >= 4 is 45.0 Å². The molecule has 0 unspecified atom stereocenters. The quantitative estimate of drug-likeness (QED) is 0.295. The first kappa shape index (κ1) is 20.7. The van der Waals surface area contributed by atoms with E-state index in [1.807, 2.05) is 48.5 Å². The van der Waals surface area contributed by atoms with Crippen LogP contribution in [0.3, 0.4) is 0 Å². The smallest absolute Gasteiger partial charge is 0.296 e. The van der Waals surface area contributed by atoms with Crippen LogP contribution >= 0.6 is 11.6 Å². The highest BCUT2D eigenvalue weighted by molar-refractivity contribution is 6.31. The number of azo groups is 1. The summed E-state index contributed by atoms with van der Waals surface area (Å²) in [5, 5.41) is 19.9. The van der Waals surface area contributed by atoms with E-state index in [-0.39, 0.29) is 11.6 Å². The normalized spacial score (nSPS) is 11.5. The Labute approximate surface area is 193 Å². The molecule has 0 aliphatic carbocycles. The van der Waals surface area contributed by atoms with E-state index in [1.165, 1.54) is 0 Å². The molecule has 3 aromatic carbocycles. The molecule has 8 heteroatoms. The number of para-hydroxylation sites is 1. The van der Waals surface area contributed by atoms with Gasteiger partial charge < -0.3 is 14.8 Å². The first-order chi connectivity index (χ1) is 16.0. The van der Waals surface area contributed by atoms with Gasteiger partial charge >= 0.3 is 0 Å². The summed E-state index contributed by atoms with van der Waals surface area (Å²) in [6.07, 6.45) is 0. The molecule has 33 heavy (non-hydrogen) atoms. The Morgan fingerprint density at radius 3 is 2.61 bits per heavy atom. The Kier molecular flexibility index (Phi) is 5.24. The topological polar surface area (TPSA) is 99.9 Å². The van der Waals surface area contributed by atoms with Crippen LogP contribution in [0.15, 0.2) is 83.0 Å². The number of pyridine rings is 1. The number of aromatic amines is 1. The highest BCUT2D eigenvalue weighted by Crippen LogP contribution is 2.37. The van der Waals surface area contributed by atoms with Gasteiger partial charge in [-0.05, 0) is 54.6 Å². The summed E-state index contributed by atoms with van der Waals surface area (Å²) in [5.74, 6) is -0.0234. The lowest BCUT2D eigenvalue weighted by Gasteiger charge is -2.08. The Morgan fingerprint density at radius 1 is 1.03 bits per heavy atom. The number of carbonyl (C=O) groups excluding carboxylic acids is 1. The Morgan fingerprint density at radius 2 is 1.82 bits per heavy atom. The molecular weight excluding hydrogens is 440 g/mol. The van der Waals surface area contributed by atoms with Crippen molar-refractivity contribution in [1.29, 1.82) is 0 Å². The Hall–Kier alpha value is -4.23. The molecule has 1 amide bonds. The third kappa shape index (κ3) is 3.90. The van der Waals surface area contributed by atoms with Crippen LogP contribution in [-0.4, -0.2) is 28.1 Å². The van der Waals surface area contributed by atoms with Crippen molar-refractivity contribution in [2.45, 2.75) is 0 Å². The van der Waals surface area contributed by atoms with Crippen LogP contribution < -0.4 is 4.74 Å². The average molecular weight is 457 g/mol. The van der Waals surface area contributed by atoms with Gasteiger partial charge in [-0.2, -0.15) is 0 Å². The number of ether oxygens (including phenoxy) is 1. The van der Waals surface area contributed by atoms with Gasteiger partial charge in [0, 0.05) is 21.4 Å². The van der Waals surface area contributed by atoms with Crippen LogP contribution in [0, 0.1) is 0 Å². The van der Waals surface area contributed by atoms with Crippen LogP contribution in [0.1, 0.15) is 10.4 Å². The number of benzene rings is 3. The fraction of sp³-hybridized carbons (Fsp3) is 0.0400. The second-order valence-corrected chi connectivity index (χ2v) is 7.75. The fourth-order valence-electron chi connectivity index (χ4n) is 3.65. The number of nitrogens with one attached hydrogen (secondary N) is 1. The molecule has 0 spiro atoms. The number of halogens is 1. The van der Waals surface area contributed by atoms with Gasteiger partial charge in [0.25, 0.3) is 5.91 Å². The predicted molar refractivity (Wildman–Crippen MR) is 128 cm³/mol. The van der Waals surface area contributed by atoms with Gasteiger partial charge in [0.05, 0.1) is 29.4 Å². The number of hydrogen-bond acceptors (Lipinski definition) is 5. The summed E-state index contributed by atoms with van der Waals surface area (Å²) < 4.78 is 5.22. The van der Waals surface area contributed by atoms with Gasteiger partial charge in [-0.1, -0.05) is 29.8 Å². The first-order valence-electron chi connectivity index (χ1n) is 10.0. The molecule has 0 bridgehead atoms. The van der Waals surface area contributed by atoms with Crippen LogP contribution in [0.5, 0.6) is 11.6 Å². The summed E-state index contributed by atoms with van der Waals surface area (Å²) in [5.41, 5.74) is 3.25. The van der Waals surface area contributed by atoms with E-state index in [0.29, 0.717) is 38.1 Å². The van der Waals surface area contributed by atoms with Gasteiger partial charge in [-0.15, -0.1) is 10.2 Å². The number of amides is 1. The molecule has 5 aromatic rings. The second-order valence-electron chi connectivity index (χ2n) is 7.32. The summed E-state index contributed by atoms with van der Waals surface area (Å²) in [4.78, 5) is 20.6. The monoisotopic (exact) mass is 456 g/mol. The largest absolute Gasteiger partial charge is 0.497 e. The van der Waals surface area contributed by atoms with E-state index >= 15 is 0 Å². The zero-order valence-electron chi connectivity index (χ0n) is 17.4. The lowest BCUT2D eigenvalue weighted by Crippen LogP contribution is -1.99. The van der Waals surface area contributed by atoms with Gasteiger partial charge in [-0.3, -0.25) is 4.79 Å². The minimum Gasteiger partial charge on any atom is -0.497 e. The fourth-order valence-corrected chi connectivity index (χ4v) is 3.82. The van der Waals surface area contributed by atoms with Crippen LogP contribution in [0.2, 0.25) is 5.02 Å². The molecule has 2 aromatic heterocycles. The van der Waals surface area contributed by atoms with Crippen molar-refractivity contribution in [3.63, 3.8) is 0 Å². The summed E-state index contributed by atoms with van der Waals surface area (Å²) in [7, 11) is 1.60. The molecule has 0 atom stereocenters. The van der Waals surface area contributed by atoms with E-state index < -0.39 is 5.91 Å².